The van der Waals surface area contributed by atoms with Crippen LogP contribution in [0.3, 0.4) is 0 Å². The minimum absolute atomic E-state index is 0.246. The fourth-order valence-electron chi connectivity index (χ4n) is 3.12. The second-order valence-electron chi connectivity index (χ2n) is 6.13. The molecule has 1 atom stereocenters. The van der Waals surface area contributed by atoms with Crippen molar-refractivity contribution in [2.24, 2.45) is 5.73 Å². The monoisotopic (exact) mass is 280 g/mol. The maximum atomic E-state index is 6.19. The minimum atomic E-state index is 0.246. The van der Waals surface area contributed by atoms with Gasteiger partial charge in [0.15, 0.2) is 0 Å². The Morgan fingerprint density at radius 3 is 2.38 bits per heavy atom. The van der Waals surface area contributed by atoms with E-state index in [0.717, 1.165) is 25.9 Å². The smallest absolute Gasteiger partial charge is 0.0436 e. The number of fused-ring (bicyclic) bond motifs is 1. The molecule has 0 saturated carbocycles. The summed E-state index contributed by atoms with van der Waals surface area (Å²) in [5.41, 5.74) is 13.1. The Bertz CT molecular complexity index is 608. The number of rotatable bonds is 4. The lowest BCUT2D eigenvalue weighted by Crippen LogP contribution is -2.24. The first kappa shape index (κ1) is 14.2. The topological polar surface area (TPSA) is 29.3 Å². The number of benzene rings is 2. The molecule has 0 fully saturated rings. The van der Waals surface area contributed by atoms with Gasteiger partial charge < -0.3 is 10.6 Å². The molecular weight excluding hydrogens is 256 g/mol. The van der Waals surface area contributed by atoms with Crippen molar-refractivity contribution in [2.45, 2.75) is 45.8 Å². The number of nitrogens with zero attached hydrogens (tertiary/aromatic N) is 1. The SMILES string of the molecule is CCC(N)Cc1cc(C)ccc1N1Cc2ccccc2C1. The molecule has 0 spiro atoms. The molecule has 110 valence electrons. The summed E-state index contributed by atoms with van der Waals surface area (Å²) in [5, 5.41) is 0. The summed E-state index contributed by atoms with van der Waals surface area (Å²) < 4.78 is 0. The van der Waals surface area contributed by atoms with Crippen LogP contribution in [0, 0.1) is 6.92 Å². The number of aryl methyl sites for hydroxylation is 1. The average molecular weight is 280 g/mol. The van der Waals surface area contributed by atoms with Gasteiger partial charge in [-0.1, -0.05) is 48.9 Å². The van der Waals surface area contributed by atoms with E-state index in [-0.39, 0.29) is 6.04 Å². The molecule has 2 heteroatoms. The van der Waals surface area contributed by atoms with Gasteiger partial charge in [-0.2, -0.15) is 0 Å². The summed E-state index contributed by atoms with van der Waals surface area (Å²) in [6.07, 6.45) is 1.98. The van der Waals surface area contributed by atoms with Gasteiger partial charge in [-0.25, -0.2) is 0 Å². The van der Waals surface area contributed by atoms with Crippen molar-refractivity contribution < 1.29 is 0 Å². The van der Waals surface area contributed by atoms with E-state index in [1.54, 1.807) is 0 Å². The average Bonchev–Trinajstić information content (AvgIpc) is 2.90. The summed E-state index contributed by atoms with van der Waals surface area (Å²) in [6.45, 7) is 6.33. The Kier molecular flexibility index (Phi) is 3.98. The molecule has 2 nitrogen and oxygen atoms in total. The Morgan fingerprint density at radius 2 is 1.76 bits per heavy atom. The van der Waals surface area contributed by atoms with Crippen LogP contribution in [0.25, 0.3) is 0 Å². The highest BCUT2D eigenvalue weighted by molar-refractivity contribution is 5.58. The van der Waals surface area contributed by atoms with E-state index in [4.69, 9.17) is 5.73 Å². The molecule has 2 aromatic rings. The molecule has 0 aliphatic carbocycles. The number of hydrogen-bond donors (Lipinski definition) is 1. The Hall–Kier alpha value is -1.80. The van der Waals surface area contributed by atoms with E-state index < -0.39 is 0 Å². The third kappa shape index (κ3) is 2.96. The minimum Gasteiger partial charge on any atom is -0.363 e. The number of nitrogens with two attached hydrogens (primary N) is 1. The molecule has 2 aromatic carbocycles. The Balaban J connectivity index is 1.89. The molecule has 2 N–H and O–H groups in total. The molecule has 0 aromatic heterocycles. The predicted molar refractivity (Wildman–Crippen MR) is 89.5 cm³/mol. The molecule has 1 unspecified atom stereocenters. The molecule has 1 aliphatic rings. The van der Waals surface area contributed by atoms with Gasteiger partial charge in [0, 0.05) is 24.8 Å². The zero-order valence-electron chi connectivity index (χ0n) is 13.0. The molecular formula is C19H24N2. The van der Waals surface area contributed by atoms with Crippen LogP contribution in [-0.4, -0.2) is 6.04 Å². The van der Waals surface area contributed by atoms with Crippen molar-refractivity contribution in [3.63, 3.8) is 0 Å². The lowest BCUT2D eigenvalue weighted by Gasteiger charge is -2.23. The second kappa shape index (κ2) is 5.90. The van der Waals surface area contributed by atoms with Crippen LogP contribution in [0.2, 0.25) is 0 Å². The highest BCUT2D eigenvalue weighted by atomic mass is 15.1. The van der Waals surface area contributed by atoms with E-state index in [9.17, 15) is 0 Å². The quantitative estimate of drug-likeness (QED) is 0.923. The molecule has 0 saturated heterocycles. The van der Waals surface area contributed by atoms with E-state index in [1.807, 2.05) is 0 Å². The van der Waals surface area contributed by atoms with Gasteiger partial charge in [-0.05, 0) is 42.5 Å². The molecule has 21 heavy (non-hydrogen) atoms. The third-order valence-electron chi connectivity index (χ3n) is 4.42. The van der Waals surface area contributed by atoms with E-state index >= 15 is 0 Å². The fourth-order valence-corrected chi connectivity index (χ4v) is 3.12. The normalized spacial score (nSPS) is 15.1. The van der Waals surface area contributed by atoms with Gasteiger partial charge in [0.1, 0.15) is 0 Å². The van der Waals surface area contributed by atoms with Crippen LogP contribution in [0.15, 0.2) is 42.5 Å². The number of hydrogen-bond acceptors (Lipinski definition) is 2. The Morgan fingerprint density at radius 1 is 1.10 bits per heavy atom. The largest absolute Gasteiger partial charge is 0.363 e. The second-order valence-corrected chi connectivity index (χ2v) is 6.13. The van der Waals surface area contributed by atoms with Crippen molar-refractivity contribution in [3.8, 4) is 0 Å². The lowest BCUT2D eigenvalue weighted by atomic mass is 10.00. The van der Waals surface area contributed by atoms with Gasteiger partial charge in [0.05, 0.1) is 0 Å². The Labute approximate surface area is 127 Å². The van der Waals surface area contributed by atoms with E-state index in [0.29, 0.717) is 0 Å². The van der Waals surface area contributed by atoms with Crippen molar-refractivity contribution in [3.05, 3.63) is 64.7 Å². The van der Waals surface area contributed by atoms with E-state index in [1.165, 1.54) is 27.9 Å². The summed E-state index contributed by atoms with van der Waals surface area (Å²) in [4.78, 5) is 2.47. The number of anilines is 1. The molecule has 0 amide bonds. The first-order chi connectivity index (χ1) is 10.2. The summed E-state index contributed by atoms with van der Waals surface area (Å²) in [5.74, 6) is 0. The van der Waals surface area contributed by atoms with Gasteiger partial charge in [0.25, 0.3) is 0 Å². The molecule has 1 aliphatic heterocycles. The van der Waals surface area contributed by atoms with Crippen molar-refractivity contribution in [2.75, 3.05) is 4.90 Å². The van der Waals surface area contributed by atoms with Crippen molar-refractivity contribution in [1.29, 1.82) is 0 Å². The van der Waals surface area contributed by atoms with Gasteiger partial charge >= 0.3 is 0 Å². The zero-order chi connectivity index (χ0) is 14.8. The maximum absolute atomic E-state index is 6.19. The van der Waals surface area contributed by atoms with Crippen LogP contribution in [0.1, 0.15) is 35.6 Å². The molecule has 0 bridgehead atoms. The predicted octanol–water partition coefficient (Wildman–Crippen LogP) is 3.80. The standard InChI is InChI=1S/C19H24N2/c1-3-18(20)11-17-10-14(2)8-9-19(17)21-12-15-6-4-5-7-16(15)13-21/h4-10,18H,3,11-13,20H2,1-2H3. The maximum Gasteiger partial charge on any atom is 0.0436 e. The van der Waals surface area contributed by atoms with Gasteiger partial charge in [-0.15, -0.1) is 0 Å². The van der Waals surface area contributed by atoms with Crippen LogP contribution < -0.4 is 10.6 Å². The van der Waals surface area contributed by atoms with Crippen molar-refractivity contribution in [1.82, 2.24) is 0 Å². The molecule has 3 rings (SSSR count). The zero-order valence-corrected chi connectivity index (χ0v) is 13.0. The van der Waals surface area contributed by atoms with Crippen LogP contribution >= 0.6 is 0 Å². The van der Waals surface area contributed by atoms with Crippen LogP contribution in [-0.2, 0) is 19.5 Å². The first-order valence-corrected chi connectivity index (χ1v) is 7.84. The van der Waals surface area contributed by atoms with Crippen LogP contribution in [0.4, 0.5) is 5.69 Å². The summed E-state index contributed by atoms with van der Waals surface area (Å²) in [7, 11) is 0. The fraction of sp³-hybridized carbons (Fsp3) is 0.368. The highest BCUT2D eigenvalue weighted by Gasteiger charge is 2.21. The molecule has 1 heterocycles. The van der Waals surface area contributed by atoms with Gasteiger partial charge in [-0.3, -0.25) is 0 Å². The molecule has 0 radical (unpaired) electrons. The van der Waals surface area contributed by atoms with Gasteiger partial charge in [0.2, 0.25) is 0 Å². The third-order valence-corrected chi connectivity index (χ3v) is 4.42. The lowest BCUT2D eigenvalue weighted by molar-refractivity contribution is 0.644. The van der Waals surface area contributed by atoms with Crippen LogP contribution in [0.5, 0.6) is 0 Å². The van der Waals surface area contributed by atoms with E-state index in [2.05, 4.69) is 61.2 Å². The van der Waals surface area contributed by atoms with Crippen molar-refractivity contribution >= 4 is 5.69 Å². The first-order valence-electron chi connectivity index (χ1n) is 7.84. The summed E-state index contributed by atoms with van der Waals surface area (Å²) >= 11 is 0. The highest BCUT2D eigenvalue weighted by Crippen LogP contribution is 2.31. The summed E-state index contributed by atoms with van der Waals surface area (Å²) in [6, 6.07) is 15.8.